The van der Waals surface area contributed by atoms with Crippen LogP contribution in [0.25, 0.3) is 0 Å². The Labute approximate surface area is 502 Å². The number of amides is 1. The number of carbonyl (C=O) groups excluding carboxylic acids is 2. The Kier molecular flexibility index (Phi) is 59.1. The number of hydrogen-bond acceptors (Lipinski definition) is 6. The molecule has 10 heteroatoms. The first-order valence-electron chi connectivity index (χ1n) is 34.6. The normalized spacial score (nSPS) is 13.9. The van der Waals surface area contributed by atoms with E-state index < -0.39 is 20.0 Å². The summed E-state index contributed by atoms with van der Waals surface area (Å²) in [4.78, 5) is 37.8. The smallest absolute Gasteiger partial charge is 0.456 e. The molecule has 0 spiro atoms. The first-order valence-corrected chi connectivity index (χ1v) is 36.1. The lowest BCUT2D eigenvalue weighted by molar-refractivity contribution is -0.870. The van der Waals surface area contributed by atoms with E-state index in [2.05, 4.69) is 74.7 Å². The molecule has 0 fully saturated rings. The number of esters is 1. The van der Waals surface area contributed by atoms with Gasteiger partial charge in [0.2, 0.25) is 5.91 Å². The molecule has 0 saturated carbocycles. The highest BCUT2D eigenvalue weighted by Gasteiger charge is 2.30. The van der Waals surface area contributed by atoms with Crippen LogP contribution in [0.1, 0.15) is 329 Å². The van der Waals surface area contributed by atoms with Gasteiger partial charge in [0.25, 0.3) is 0 Å². The second-order valence-corrected chi connectivity index (χ2v) is 26.1. The van der Waals surface area contributed by atoms with E-state index in [9.17, 15) is 19.0 Å². The monoisotopic (exact) mass is 1160 g/mol. The molecule has 0 aliphatic carbocycles. The Morgan fingerprint density at radius 1 is 0.432 bits per heavy atom. The minimum atomic E-state index is -4.45. The van der Waals surface area contributed by atoms with Crippen LogP contribution in [-0.4, -0.2) is 74.3 Å². The Morgan fingerprint density at radius 2 is 0.753 bits per heavy atom. The summed E-state index contributed by atoms with van der Waals surface area (Å²) in [5, 5.41) is 3.06. The summed E-state index contributed by atoms with van der Waals surface area (Å²) in [5.74, 6) is -0.501. The number of unbranched alkanes of at least 4 members (excludes halogenated alkanes) is 39. The molecule has 0 aliphatic rings. The standard InChI is InChI=1S/C71H133N2O7P/c1-7-10-13-16-19-22-25-27-29-31-32-33-34-35-36-37-38-39-40-42-44-46-49-52-55-58-61-64-71(75)80-69(62-59-56-53-50-47-24-21-18-15-12-9-3)68(67-79-81(76,77)78-66-65-73(4,5)6)72-70(74)63-60-57-54-51-48-45-43-41-30-28-26-23-20-17-14-11-8-2/h19,22,27-30,32-33,59,62,68-69H,7-18,20-21,23-26,31,34-58,60-61,63-67H2,1-6H3,(H-,72,74,76,77)/p+1/b22-19-,29-27-,30-28+,33-32-,62-59-. The first kappa shape index (κ1) is 78.7. The third-order valence-electron chi connectivity index (χ3n) is 15.4. The van der Waals surface area contributed by atoms with Crippen LogP contribution >= 0.6 is 7.82 Å². The largest absolute Gasteiger partial charge is 0.472 e. The minimum absolute atomic E-state index is 0.0395. The van der Waals surface area contributed by atoms with Crippen LogP contribution in [0.2, 0.25) is 0 Å². The summed E-state index contributed by atoms with van der Waals surface area (Å²) < 4.78 is 30.8. The van der Waals surface area contributed by atoms with Gasteiger partial charge < -0.3 is 19.4 Å². The van der Waals surface area contributed by atoms with E-state index in [-0.39, 0.29) is 25.1 Å². The summed E-state index contributed by atoms with van der Waals surface area (Å²) in [6.45, 7) is 7.01. The molecule has 0 aliphatic heterocycles. The topological polar surface area (TPSA) is 111 Å². The maximum Gasteiger partial charge on any atom is 0.472 e. The molecule has 81 heavy (non-hydrogen) atoms. The number of nitrogens with one attached hydrogen (secondary N) is 1. The van der Waals surface area contributed by atoms with Crippen molar-refractivity contribution >= 4 is 19.7 Å². The molecule has 0 aromatic rings. The van der Waals surface area contributed by atoms with Gasteiger partial charge in [-0.2, -0.15) is 0 Å². The molecule has 0 bridgehead atoms. The van der Waals surface area contributed by atoms with Gasteiger partial charge >= 0.3 is 13.8 Å². The fraction of sp³-hybridized carbons (Fsp3) is 0.831. The van der Waals surface area contributed by atoms with Crippen molar-refractivity contribution in [2.45, 2.75) is 341 Å². The Bertz CT molecular complexity index is 1570. The van der Waals surface area contributed by atoms with E-state index in [0.717, 1.165) is 83.5 Å². The molecule has 3 atom stereocenters. The van der Waals surface area contributed by atoms with Gasteiger partial charge in [-0.1, -0.05) is 281 Å². The number of carbonyl (C=O) groups is 2. The van der Waals surface area contributed by atoms with Gasteiger partial charge in [0, 0.05) is 12.8 Å². The molecule has 0 aromatic carbocycles. The first-order chi connectivity index (χ1) is 39.4. The summed E-state index contributed by atoms with van der Waals surface area (Å²) in [5.41, 5.74) is 0. The number of allylic oxidation sites excluding steroid dienone is 9. The van der Waals surface area contributed by atoms with Crippen molar-refractivity contribution < 1.29 is 37.3 Å². The number of quaternary nitrogens is 1. The van der Waals surface area contributed by atoms with Crippen molar-refractivity contribution in [1.29, 1.82) is 0 Å². The third-order valence-corrected chi connectivity index (χ3v) is 16.4. The van der Waals surface area contributed by atoms with Crippen LogP contribution in [0.15, 0.2) is 60.8 Å². The lowest BCUT2D eigenvalue weighted by atomic mass is 10.0. The Hall–Kier alpha value is -2.29. The van der Waals surface area contributed by atoms with Crippen LogP contribution in [0.3, 0.4) is 0 Å². The Morgan fingerprint density at radius 3 is 1.16 bits per heavy atom. The van der Waals surface area contributed by atoms with Crippen molar-refractivity contribution in [3.8, 4) is 0 Å². The number of rotatable bonds is 63. The van der Waals surface area contributed by atoms with Crippen molar-refractivity contribution in [2.24, 2.45) is 0 Å². The summed E-state index contributed by atoms with van der Waals surface area (Å²) >= 11 is 0. The molecule has 0 aromatic heterocycles. The zero-order valence-electron chi connectivity index (χ0n) is 54.3. The fourth-order valence-corrected chi connectivity index (χ4v) is 10.8. The highest BCUT2D eigenvalue weighted by Crippen LogP contribution is 2.43. The van der Waals surface area contributed by atoms with Crippen LogP contribution in [0.5, 0.6) is 0 Å². The van der Waals surface area contributed by atoms with Gasteiger partial charge in [0.1, 0.15) is 19.3 Å². The quantitative estimate of drug-likeness (QED) is 0.0205. The predicted octanol–water partition coefficient (Wildman–Crippen LogP) is 21.8. The SMILES string of the molecule is CCCCC/C=C\C/C=C\C/C=C\CCCCCCCCCCCCCCCCC(=O)OC(/C=C\CCCCCCCCCCC)C(COP(=O)(O)OCC[N+](C)(C)C)NC(=O)CCCCCCCCC/C=C/CCCCCCCC. The van der Waals surface area contributed by atoms with Crippen LogP contribution in [0.4, 0.5) is 0 Å². The van der Waals surface area contributed by atoms with E-state index in [1.165, 1.54) is 212 Å². The number of phosphoric acid groups is 1. The van der Waals surface area contributed by atoms with E-state index in [1.54, 1.807) is 0 Å². The highest BCUT2D eigenvalue weighted by atomic mass is 31.2. The second-order valence-electron chi connectivity index (χ2n) is 24.7. The molecule has 0 heterocycles. The summed E-state index contributed by atoms with van der Waals surface area (Å²) in [6.07, 6.45) is 78.0. The van der Waals surface area contributed by atoms with Crippen LogP contribution < -0.4 is 5.32 Å². The van der Waals surface area contributed by atoms with Gasteiger partial charge in [0.05, 0.1) is 33.8 Å². The molecule has 2 N–H and O–H groups in total. The molecule has 9 nitrogen and oxygen atoms in total. The van der Waals surface area contributed by atoms with Crippen LogP contribution in [-0.2, 0) is 27.9 Å². The van der Waals surface area contributed by atoms with Gasteiger partial charge in [-0.15, -0.1) is 0 Å². The van der Waals surface area contributed by atoms with E-state index in [4.69, 9.17) is 13.8 Å². The van der Waals surface area contributed by atoms with E-state index in [0.29, 0.717) is 23.9 Å². The van der Waals surface area contributed by atoms with Crippen molar-refractivity contribution in [3.63, 3.8) is 0 Å². The van der Waals surface area contributed by atoms with Crippen LogP contribution in [0, 0.1) is 0 Å². The number of ether oxygens (including phenoxy) is 1. The highest BCUT2D eigenvalue weighted by molar-refractivity contribution is 7.47. The summed E-state index contributed by atoms with van der Waals surface area (Å²) in [6, 6.07) is -0.851. The molecule has 3 unspecified atom stereocenters. The zero-order valence-corrected chi connectivity index (χ0v) is 55.2. The molecule has 474 valence electrons. The van der Waals surface area contributed by atoms with Crippen molar-refractivity contribution in [2.75, 3.05) is 40.9 Å². The lowest BCUT2D eigenvalue weighted by Gasteiger charge is -2.27. The maximum absolute atomic E-state index is 13.6. The van der Waals surface area contributed by atoms with E-state index in [1.807, 2.05) is 33.3 Å². The number of nitrogens with zero attached hydrogens (tertiary/aromatic N) is 1. The molecule has 0 radical (unpaired) electrons. The fourth-order valence-electron chi connectivity index (χ4n) is 10.1. The summed E-state index contributed by atoms with van der Waals surface area (Å²) in [7, 11) is 1.50. The average molecular weight is 1160 g/mol. The number of likely N-dealkylation sites (N-methyl/N-ethyl adjacent to an activating group) is 1. The molecular weight excluding hydrogens is 1020 g/mol. The third kappa shape index (κ3) is 62.1. The van der Waals surface area contributed by atoms with Crippen molar-refractivity contribution in [3.05, 3.63) is 60.8 Å². The van der Waals surface area contributed by atoms with Gasteiger partial charge in [-0.05, 0) is 96.0 Å². The average Bonchev–Trinajstić information content (AvgIpc) is 3.44. The van der Waals surface area contributed by atoms with Gasteiger partial charge in [-0.3, -0.25) is 18.6 Å². The Balaban J connectivity index is 5.00. The molecule has 0 saturated heterocycles. The molecule has 0 rings (SSSR count). The minimum Gasteiger partial charge on any atom is -0.456 e. The molecule has 1 amide bonds. The van der Waals surface area contributed by atoms with E-state index >= 15 is 0 Å². The van der Waals surface area contributed by atoms with Crippen molar-refractivity contribution in [1.82, 2.24) is 5.32 Å². The number of phosphoric ester groups is 1. The maximum atomic E-state index is 13.6. The predicted molar refractivity (Wildman–Crippen MR) is 351 cm³/mol. The van der Waals surface area contributed by atoms with Gasteiger partial charge in [-0.25, -0.2) is 4.57 Å². The second kappa shape index (κ2) is 60.8. The zero-order chi connectivity index (χ0) is 59.3. The van der Waals surface area contributed by atoms with Gasteiger partial charge in [0.15, 0.2) is 0 Å². The molecular formula is C71H134N2O7P+. The lowest BCUT2D eigenvalue weighted by Crippen LogP contribution is -2.47. The number of hydrogen-bond donors (Lipinski definition) is 2.